The van der Waals surface area contributed by atoms with Crippen molar-refractivity contribution in [3.8, 4) is 5.75 Å². The fraction of sp³-hybridized carbons (Fsp3) is 0.333. The summed E-state index contributed by atoms with van der Waals surface area (Å²) < 4.78 is 40.2. The molecule has 0 aliphatic rings. The van der Waals surface area contributed by atoms with Gasteiger partial charge in [0.15, 0.2) is 5.69 Å². The number of halogens is 3. The molecule has 1 rings (SSSR count). The summed E-state index contributed by atoms with van der Waals surface area (Å²) in [5.41, 5.74) is 4.46. The summed E-state index contributed by atoms with van der Waals surface area (Å²) in [6.45, 7) is 0.903. The van der Waals surface area contributed by atoms with Crippen molar-refractivity contribution in [1.82, 2.24) is 4.98 Å². The molecule has 94 valence electrons. The molecule has 3 N–H and O–H groups in total. The molecule has 5 nitrogen and oxygen atoms in total. The van der Waals surface area contributed by atoms with Crippen LogP contribution < -0.4 is 10.5 Å². The molecule has 0 saturated heterocycles. The molecular formula is C9H9F3N2O3. The minimum atomic E-state index is -4.91. The third-order valence-corrected chi connectivity index (χ3v) is 1.93. The van der Waals surface area contributed by atoms with E-state index < -0.39 is 30.3 Å². The van der Waals surface area contributed by atoms with Crippen molar-refractivity contribution in [2.75, 3.05) is 0 Å². The first kappa shape index (κ1) is 13.2. The first-order chi connectivity index (χ1) is 7.76. The minimum absolute atomic E-state index is 0.0628. The van der Waals surface area contributed by atoms with E-state index >= 15 is 0 Å². The lowest BCUT2D eigenvalue weighted by Crippen LogP contribution is -2.21. The van der Waals surface area contributed by atoms with Crippen molar-refractivity contribution in [2.24, 2.45) is 5.73 Å². The van der Waals surface area contributed by atoms with Crippen molar-refractivity contribution in [1.29, 1.82) is 0 Å². The maximum Gasteiger partial charge on any atom is 0.573 e. The number of carbonyl (C=O) groups is 1. The summed E-state index contributed by atoms with van der Waals surface area (Å²) in [4.78, 5) is 14.3. The highest BCUT2D eigenvalue weighted by atomic mass is 19.4. The molecule has 0 saturated carbocycles. The van der Waals surface area contributed by atoms with E-state index in [1.165, 1.54) is 6.92 Å². The van der Waals surface area contributed by atoms with Gasteiger partial charge in [0.2, 0.25) is 0 Å². The highest BCUT2D eigenvalue weighted by Gasteiger charge is 2.34. The van der Waals surface area contributed by atoms with Crippen LogP contribution in [0.15, 0.2) is 6.20 Å². The Labute approximate surface area is 94.0 Å². The number of carboxylic acid groups (broad SMARTS) is 1. The molecule has 0 bridgehead atoms. The number of aryl methyl sites for hydroxylation is 1. The fourth-order valence-corrected chi connectivity index (χ4v) is 1.27. The number of pyridine rings is 1. The van der Waals surface area contributed by atoms with Crippen molar-refractivity contribution < 1.29 is 27.8 Å². The molecule has 0 atom stereocenters. The Bertz CT molecular complexity index is 446. The number of nitrogens with two attached hydrogens (primary N) is 1. The molecule has 17 heavy (non-hydrogen) atoms. The van der Waals surface area contributed by atoms with Gasteiger partial charge in [-0.1, -0.05) is 0 Å². The topological polar surface area (TPSA) is 85.4 Å². The Morgan fingerprint density at radius 1 is 1.59 bits per heavy atom. The van der Waals surface area contributed by atoms with Crippen LogP contribution in [0.3, 0.4) is 0 Å². The summed E-state index contributed by atoms with van der Waals surface area (Å²) in [6.07, 6.45) is -3.92. The van der Waals surface area contributed by atoms with Crippen molar-refractivity contribution in [3.05, 3.63) is 23.0 Å². The summed E-state index contributed by atoms with van der Waals surface area (Å²) in [5, 5.41) is 8.76. The van der Waals surface area contributed by atoms with E-state index in [1.807, 2.05) is 0 Å². The Morgan fingerprint density at radius 3 is 2.59 bits per heavy atom. The van der Waals surface area contributed by atoms with E-state index in [9.17, 15) is 18.0 Å². The Balaban J connectivity index is 3.35. The van der Waals surface area contributed by atoms with Crippen LogP contribution in [0.2, 0.25) is 0 Å². The van der Waals surface area contributed by atoms with Crippen molar-refractivity contribution in [3.63, 3.8) is 0 Å². The SMILES string of the molecule is Cc1cnc(C(=O)O)c(CN)c1OC(F)(F)F. The lowest BCUT2D eigenvalue weighted by molar-refractivity contribution is -0.275. The van der Waals surface area contributed by atoms with E-state index in [4.69, 9.17) is 10.8 Å². The lowest BCUT2D eigenvalue weighted by Gasteiger charge is -2.15. The van der Waals surface area contributed by atoms with Gasteiger partial charge in [0.05, 0.1) is 0 Å². The van der Waals surface area contributed by atoms with E-state index in [2.05, 4.69) is 9.72 Å². The largest absolute Gasteiger partial charge is 0.573 e. The van der Waals surface area contributed by atoms with Gasteiger partial charge in [-0.15, -0.1) is 13.2 Å². The highest BCUT2D eigenvalue weighted by Crippen LogP contribution is 2.30. The van der Waals surface area contributed by atoms with Gasteiger partial charge in [0.25, 0.3) is 0 Å². The van der Waals surface area contributed by atoms with E-state index in [0.29, 0.717) is 0 Å². The molecule has 0 radical (unpaired) electrons. The average molecular weight is 250 g/mol. The Kier molecular flexibility index (Phi) is 3.56. The van der Waals surface area contributed by atoms with Gasteiger partial charge < -0.3 is 15.6 Å². The van der Waals surface area contributed by atoms with E-state index in [0.717, 1.165) is 6.20 Å². The van der Waals surface area contributed by atoms with Crippen LogP contribution in [0.5, 0.6) is 5.75 Å². The number of rotatable bonds is 3. The molecular weight excluding hydrogens is 241 g/mol. The van der Waals surface area contributed by atoms with Gasteiger partial charge in [0.1, 0.15) is 5.75 Å². The maximum absolute atomic E-state index is 12.1. The number of carboxylic acids is 1. The number of hydrogen-bond donors (Lipinski definition) is 2. The zero-order valence-corrected chi connectivity index (χ0v) is 8.71. The number of nitrogens with zero attached hydrogens (tertiary/aromatic N) is 1. The van der Waals surface area contributed by atoms with Gasteiger partial charge in [-0.3, -0.25) is 0 Å². The van der Waals surface area contributed by atoms with Crippen LogP contribution in [-0.2, 0) is 6.54 Å². The third-order valence-electron chi connectivity index (χ3n) is 1.93. The normalized spacial score (nSPS) is 11.4. The standard InChI is InChI=1S/C9H9F3N2O3/c1-4-3-14-6(8(15)16)5(2-13)7(4)17-9(10,11)12/h3H,2,13H2,1H3,(H,15,16). The monoisotopic (exact) mass is 250 g/mol. The molecule has 0 aliphatic heterocycles. The van der Waals surface area contributed by atoms with Crippen LogP contribution in [0.25, 0.3) is 0 Å². The number of hydrogen-bond acceptors (Lipinski definition) is 4. The zero-order chi connectivity index (χ0) is 13.2. The van der Waals surface area contributed by atoms with E-state index in [-0.39, 0.29) is 11.1 Å². The minimum Gasteiger partial charge on any atom is -0.476 e. The summed E-state index contributed by atoms with van der Waals surface area (Å²) >= 11 is 0. The molecule has 1 aromatic heterocycles. The molecule has 1 aromatic rings. The van der Waals surface area contributed by atoms with Gasteiger partial charge in [-0.25, -0.2) is 9.78 Å². The Morgan fingerprint density at radius 2 is 2.18 bits per heavy atom. The van der Waals surface area contributed by atoms with Crippen LogP contribution in [0.4, 0.5) is 13.2 Å². The first-order valence-electron chi connectivity index (χ1n) is 4.44. The second-order valence-electron chi connectivity index (χ2n) is 3.15. The first-order valence-corrected chi connectivity index (χ1v) is 4.44. The summed E-state index contributed by atoms with van der Waals surface area (Å²) in [6, 6.07) is 0. The molecule has 0 fully saturated rings. The number of ether oxygens (including phenoxy) is 1. The van der Waals surface area contributed by atoms with Gasteiger partial charge in [-0.2, -0.15) is 0 Å². The van der Waals surface area contributed by atoms with Crippen molar-refractivity contribution >= 4 is 5.97 Å². The van der Waals surface area contributed by atoms with Gasteiger partial charge >= 0.3 is 12.3 Å². The summed E-state index contributed by atoms with van der Waals surface area (Å²) in [5.74, 6) is -2.06. The van der Waals surface area contributed by atoms with Crippen molar-refractivity contribution in [2.45, 2.75) is 19.8 Å². The average Bonchev–Trinajstić information content (AvgIpc) is 2.18. The van der Waals surface area contributed by atoms with Gasteiger partial charge in [-0.05, 0) is 6.92 Å². The molecule has 0 aliphatic carbocycles. The fourth-order valence-electron chi connectivity index (χ4n) is 1.27. The lowest BCUT2D eigenvalue weighted by atomic mass is 10.1. The Hall–Kier alpha value is -1.83. The number of aromatic nitrogens is 1. The number of aromatic carboxylic acids is 1. The molecule has 0 spiro atoms. The zero-order valence-electron chi connectivity index (χ0n) is 8.71. The number of alkyl halides is 3. The quantitative estimate of drug-likeness (QED) is 0.847. The second-order valence-corrected chi connectivity index (χ2v) is 3.15. The van der Waals surface area contributed by atoms with Crippen LogP contribution in [-0.4, -0.2) is 22.4 Å². The van der Waals surface area contributed by atoms with Crippen LogP contribution >= 0.6 is 0 Å². The second kappa shape index (κ2) is 4.58. The maximum atomic E-state index is 12.1. The molecule has 0 amide bonds. The smallest absolute Gasteiger partial charge is 0.476 e. The third kappa shape index (κ3) is 3.06. The van der Waals surface area contributed by atoms with Crippen LogP contribution in [0.1, 0.15) is 21.6 Å². The van der Waals surface area contributed by atoms with Crippen LogP contribution in [0, 0.1) is 6.92 Å². The molecule has 0 aromatic carbocycles. The predicted octanol–water partition coefficient (Wildman–Crippen LogP) is 1.45. The van der Waals surface area contributed by atoms with Gasteiger partial charge in [0, 0.05) is 23.9 Å². The predicted molar refractivity (Wildman–Crippen MR) is 50.5 cm³/mol. The highest BCUT2D eigenvalue weighted by molar-refractivity contribution is 5.88. The molecule has 8 heteroatoms. The molecule has 1 heterocycles. The summed E-state index contributed by atoms with van der Waals surface area (Å²) in [7, 11) is 0. The van der Waals surface area contributed by atoms with E-state index in [1.54, 1.807) is 0 Å². The molecule has 0 unspecified atom stereocenters.